The maximum Gasteiger partial charge on any atom is 0.242 e. The van der Waals surface area contributed by atoms with E-state index in [1.165, 1.54) is 6.07 Å². The number of aromatic nitrogens is 2. The Morgan fingerprint density at radius 2 is 2.02 bits per heavy atom. The molecule has 2 heterocycles. The number of fused-ring (bicyclic) bond motifs is 1. The van der Waals surface area contributed by atoms with Crippen LogP contribution in [0.25, 0.3) is 5.69 Å². The van der Waals surface area contributed by atoms with Crippen LogP contribution in [0.15, 0.2) is 48.9 Å². The lowest BCUT2D eigenvalue weighted by Crippen LogP contribution is -2.48. The van der Waals surface area contributed by atoms with Gasteiger partial charge >= 0.3 is 0 Å². The van der Waals surface area contributed by atoms with Crippen LogP contribution in [0.3, 0.4) is 0 Å². The highest BCUT2D eigenvalue weighted by Crippen LogP contribution is 2.26. The highest BCUT2D eigenvalue weighted by molar-refractivity contribution is 5.94. The van der Waals surface area contributed by atoms with Crippen molar-refractivity contribution < 1.29 is 18.3 Å². The van der Waals surface area contributed by atoms with Gasteiger partial charge in [0.15, 0.2) is 5.82 Å². The summed E-state index contributed by atoms with van der Waals surface area (Å²) in [5.41, 5.74) is 3.40. The van der Waals surface area contributed by atoms with Gasteiger partial charge in [-0.05, 0) is 54.5 Å². The van der Waals surface area contributed by atoms with Crippen LogP contribution in [0.5, 0.6) is 0 Å². The molecule has 3 N–H and O–H groups in total. The van der Waals surface area contributed by atoms with E-state index in [2.05, 4.69) is 31.9 Å². The first-order chi connectivity index (χ1) is 20.0. The third-order valence-electron chi connectivity index (χ3n) is 7.92. The molecule has 2 aromatic carbocycles. The Labute approximate surface area is 240 Å². The molecule has 1 amide bonds. The summed E-state index contributed by atoms with van der Waals surface area (Å²) in [4.78, 5) is 20.1. The van der Waals surface area contributed by atoms with E-state index in [4.69, 9.17) is 4.74 Å². The molecule has 1 aliphatic heterocycles. The molecule has 1 fully saturated rings. The van der Waals surface area contributed by atoms with Crippen LogP contribution < -0.4 is 16.0 Å². The molecule has 0 radical (unpaired) electrons. The Morgan fingerprint density at radius 3 is 2.85 bits per heavy atom. The van der Waals surface area contributed by atoms with Crippen molar-refractivity contribution in [2.75, 3.05) is 44.7 Å². The largest absolute Gasteiger partial charge is 0.379 e. The molecule has 0 saturated carbocycles. The molecule has 41 heavy (non-hydrogen) atoms. The Bertz CT molecular complexity index is 1310. The SMILES string of the molecule is CCCC(N[C@H]1CCc2cc(F)cc(F)c2C1)C(=O)Nc1cn(-c2ccccc2CNCCN2CCOCC2)cn1. The number of imidazole rings is 1. The van der Waals surface area contributed by atoms with E-state index in [9.17, 15) is 13.6 Å². The van der Waals surface area contributed by atoms with E-state index in [-0.39, 0.29) is 11.9 Å². The topological polar surface area (TPSA) is 83.5 Å². The summed E-state index contributed by atoms with van der Waals surface area (Å²) >= 11 is 0. The zero-order chi connectivity index (χ0) is 28.6. The van der Waals surface area contributed by atoms with E-state index < -0.39 is 17.7 Å². The Balaban J connectivity index is 1.17. The van der Waals surface area contributed by atoms with Crippen LogP contribution >= 0.6 is 0 Å². The third kappa shape index (κ3) is 7.77. The van der Waals surface area contributed by atoms with Crippen molar-refractivity contribution in [3.8, 4) is 5.69 Å². The number of para-hydroxylation sites is 1. The minimum Gasteiger partial charge on any atom is -0.379 e. The minimum atomic E-state index is -0.544. The molecule has 1 aliphatic carbocycles. The minimum absolute atomic E-state index is 0.0649. The van der Waals surface area contributed by atoms with Gasteiger partial charge in [0.25, 0.3) is 0 Å². The van der Waals surface area contributed by atoms with Crippen LogP contribution in [-0.2, 0) is 28.9 Å². The molecule has 0 bridgehead atoms. The van der Waals surface area contributed by atoms with Crippen LogP contribution in [0.2, 0.25) is 0 Å². The van der Waals surface area contributed by atoms with Gasteiger partial charge in [-0.1, -0.05) is 31.5 Å². The molecule has 8 nitrogen and oxygen atoms in total. The molecular formula is C31H40F2N6O2. The number of halogens is 2. The van der Waals surface area contributed by atoms with Crippen LogP contribution in [-0.4, -0.2) is 71.8 Å². The molecular weight excluding hydrogens is 526 g/mol. The number of rotatable bonds is 12. The number of anilines is 1. The van der Waals surface area contributed by atoms with E-state index in [1.807, 2.05) is 35.9 Å². The number of carbonyl (C=O) groups excluding carboxylic acids is 1. The first-order valence-corrected chi connectivity index (χ1v) is 14.7. The van der Waals surface area contributed by atoms with Gasteiger partial charge in [-0.2, -0.15) is 0 Å². The fraction of sp³-hybridized carbons (Fsp3) is 0.484. The van der Waals surface area contributed by atoms with Gasteiger partial charge in [0.1, 0.15) is 18.0 Å². The highest BCUT2D eigenvalue weighted by atomic mass is 19.1. The number of carbonyl (C=O) groups is 1. The predicted octanol–water partition coefficient (Wildman–Crippen LogP) is 3.83. The standard InChI is InChI=1S/C31H40F2N6O2/c1-2-5-28(36-25-9-8-22-16-24(32)17-27(33)26(22)18-25)31(40)37-30-20-39(21-35-30)29-7-4-3-6-23(29)19-34-10-11-38-12-14-41-15-13-38/h3-4,6-7,16-17,20-21,25,28,34,36H,2,5,8-15,18-19H2,1H3,(H,37,40)/t25-,28?/m0/s1. The fourth-order valence-corrected chi connectivity index (χ4v) is 5.72. The van der Waals surface area contributed by atoms with E-state index in [0.29, 0.717) is 30.6 Å². The number of nitrogens with one attached hydrogen (secondary N) is 3. The second kappa shape index (κ2) is 14.1. The van der Waals surface area contributed by atoms with E-state index in [1.54, 1.807) is 6.33 Å². The molecule has 0 spiro atoms. The molecule has 1 unspecified atom stereocenters. The van der Waals surface area contributed by atoms with Crippen LogP contribution in [0.1, 0.15) is 42.9 Å². The van der Waals surface area contributed by atoms with Gasteiger partial charge < -0.3 is 25.3 Å². The summed E-state index contributed by atoms with van der Waals surface area (Å²) in [7, 11) is 0. The smallest absolute Gasteiger partial charge is 0.242 e. The molecule has 3 aromatic rings. The van der Waals surface area contributed by atoms with Gasteiger partial charge in [-0.15, -0.1) is 0 Å². The van der Waals surface area contributed by atoms with Crippen LogP contribution in [0, 0.1) is 11.6 Å². The number of ether oxygens (including phenoxy) is 1. The fourth-order valence-electron chi connectivity index (χ4n) is 5.72. The highest BCUT2D eigenvalue weighted by Gasteiger charge is 2.27. The zero-order valence-electron chi connectivity index (χ0n) is 23.7. The molecule has 10 heteroatoms. The Hall–Kier alpha value is -3.18. The van der Waals surface area contributed by atoms with Gasteiger partial charge in [0.2, 0.25) is 5.91 Å². The van der Waals surface area contributed by atoms with Crippen molar-refractivity contribution >= 4 is 11.7 Å². The average Bonchev–Trinajstić information content (AvgIpc) is 3.44. The maximum absolute atomic E-state index is 14.4. The number of hydrogen-bond acceptors (Lipinski definition) is 6. The van der Waals surface area contributed by atoms with Gasteiger partial charge in [-0.3, -0.25) is 9.69 Å². The molecule has 220 valence electrons. The number of aryl methyl sites for hydroxylation is 1. The summed E-state index contributed by atoms with van der Waals surface area (Å²) in [6, 6.07) is 10.00. The normalized spacial score (nSPS) is 18.2. The molecule has 2 atom stereocenters. The first kappa shape index (κ1) is 29.3. The summed E-state index contributed by atoms with van der Waals surface area (Å²) in [6.45, 7) is 8.18. The van der Waals surface area contributed by atoms with Gasteiger partial charge in [0, 0.05) is 44.8 Å². The van der Waals surface area contributed by atoms with Crippen LogP contribution in [0.4, 0.5) is 14.6 Å². The number of amides is 1. The lowest BCUT2D eigenvalue weighted by molar-refractivity contribution is -0.118. The lowest BCUT2D eigenvalue weighted by atomic mass is 9.87. The number of benzene rings is 2. The van der Waals surface area contributed by atoms with Crippen molar-refractivity contribution in [1.82, 2.24) is 25.1 Å². The Morgan fingerprint density at radius 1 is 1.20 bits per heavy atom. The lowest BCUT2D eigenvalue weighted by Gasteiger charge is -2.29. The Kier molecular flexibility index (Phi) is 10.1. The first-order valence-electron chi connectivity index (χ1n) is 14.7. The second-order valence-corrected chi connectivity index (χ2v) is 10.9. The summed E-state index contributed by atoms with van der Waals surface area (Å²) in [6.07, 6.45) is 6.72. The van der Waals surface area contributed by atoms with Crippen molar-refractivity contribution in [1.29, 1.82) is 0 Å². The number of hydrogen-bond donors (Lipinski definition) is 3. The number of nitrogens with zero attached hydrogens (tertiary/aromatic N) is 3. The summed E-state index contributed by atoms with van der Waals surface area (Å²) in [5, 5.41) is 9.94. The third-order valence-corrected chi connectivity index (χ3v) is 7.92. The van der Waals surface area contributed by atoms with Crippen molar-refractivity contribution in [3.05, 3.63) is 77.2 Å². The van der Waals surface area contributed by atoms with Crippen molar-refractivity contribution in [2.45, 2.75) is 57.7 Å². The van der Waals surface area contributed by atoms with Crippen molar-refractivity contribution in [3.63, 3.8) is 0 Å². The van der Waals surface area contributed by atoms with E-state index >= 15 is 0 Å². The maximum atomic E-state index is 14.4. The van der Waals surface area contributed by atoms with Gasteiger partial charge in [-0.25, -0.2) is 13.8 Å². The zero-order valence-corrected chi connectivity index (χ0v) is 23.7. The molecule has 5 rings (SSSR count). The molecule has 1 saturated heterocycles. The predicted molar refractivity (Wildman–Crippen MR) is 155 cm³/mol. The summed E-state index contributed by atoms with van der Waals surface area (Å²) in [5.74, 6) is -0.747. The summed E-state index contributed by atoms with van der Waals surface area (Å²) < 4.78 is 35.4. The number of morpholine rings is 1. The van der Waals surface area contributed by atoms with Crippen molar-refractivity contribution in [2.24, 2.45) is 0 Å². The quantitative estimate of drug-likeness (QED) is 0.289. The monoisotopic (exact) mass is 566 g/mol. The molecule has 2 aliphatic rings. The van der Waals surface area contributed by atoms with E-state index in [0.717, 1.165) is 81.7 Å². The van der Waals surface area contributed by atoms with Gasteiger partial charge in [0.05, 0.1) is 31.1 Å². The molecule has 1 aromatic heterocycles. The average molecular weight is 567 g/mol. The second-order valence-electron chi connectivity index (χ2n) is 10.9.